The van der Waals surface area contributed by atoms with Crippen LogP contribution in [0, 0.1) is 5.92 Å². The lowest BCUT2D eigenvalue weighted by Gasteiger charge is -2.31. The van der Waals surface area contributed by atoms with Gasteiger partial charge in [-0.3, -0.25) is 4.90 Å². The van der Waals surface area contributed by atoms with E-state index in [0.717, 1.165) is 6.54 Å². The van der Waals surface area contributed by atoms with Crippen LogP contribution in [0.1, 0.15) is 6.92 Å². The molecule has 0 aromatic carbocycles. The van der Waals surface area contributed by atoms with Gasteiger partial charge in [0.15, 0.2) is 0 Å². The number of fused-ring (bicyclic) bond motifs is 2. The van der Waals surface area contributed by atoms with Crippen LogP contribution in [0.5, 0.6) is 0 Å². The molecule has 0 spiro atoms. The number of halogens is 2. The van der Waals surface area contributed by atoms with E-state index in [1.807, 2.05) is 11.8 Å². The number of hydrogen-bond donors (Lipinski definition) is 1. The second-order valence-electron chi connectivity index (χ2n) is 3.63. The molecule has 70 valence electrons. The van der Waals surface area contributed by atoms with Crippen LogP contribution in [-0.2, 0) is 0 Å². The van der Waals surface area contributed by atoms with Crippen molar-refractivity contribution in [1.82, 2.24) is 10.2 Å². The van der Waals surface area contributed by atoms with E-state index in [-0.39, 0.29) is 0 Å². The molecule has 2 saturated heterocycles. The van der Waals surface area contributed by atoms with E-state index in [0.29, 0.717) is 19.6 Å². The molecule has 2 aliphatic heterocycles. The Kier molecular flexibility index (Phi) is 1.84. The lowest BCUT2D eigenvalue weighted by molar-refractivity contribution is -0.0758. The van der Waals surface area contributed by atoms with Crippen LogP contribution < -0.4 is 5.32 Å². The van der Waals surface area contributed by atoms with Crippen molar-refractivity contribution in [3.8, 4) is 0 Å². The summed E-state index contributed by atoms with van der Waals surface area (Å²) in [6.07, 6.45) is 0. The molecule has 12 heavy (non-hydrogen) atoms. The van der Waals surface area contributed by atoms with Gasteiger partial charge in [0.25, 0.3) is 5.92 Å². The van der Waals surface area contributed by atoms with Crippen molar-refractivity contribution in [1.29, 1.82) is 0 Å². The first-order valence-corrected chi connectivity index (χ1v) is 4.48. The summed E-state index contributed by atoms with van der Waals surface area (Å²) in [6, 6.07) is -0.554. The summed E-state index contributed by atoms with van der Waals surface area (Å²) in [5, 5.41) is 3.05. The minimum absolute atomic E-state index is 0.442. The average molecular weight is 176 g/mol. The fourth-order valence-corrected chi connectivity index (χ4v) is 2.26. The van der Waals surface area contributed by atoms with E-state index in [1.165, 1.54) is 0 Å². The largest absolute Gasteiger partial charge is 0.314 e. The number of alkyl halides is 2. The van der Waals surface area contributed by atoms with Crippen LogP contribution in [0.25, 0.3) is 0 Å². The maximum absolute atomic E-state index is 13.4. The lowest BCUT2D eigenvalue weighted by Crippen LogP contribution is -2.53. The molecule has 1 N–H and O–H groups in total. The normalized spacial score (nSPS) is 40.2. The highest BCUT2D eigenvalue weighted by atomic mass is 19.3. The molecule has 2 bridgehead atoms. The highest BCUT2D eigenvalue weighted by Crippen LogP contribution is 2.40. The van der Waals surface area contributed by atoms with E-state index < -0.39 is 17.9 Å². The van der Waals surface area contributed by atoms with E-state index >= 15 is 0 Å². The van der Waals surface area contributed by atoms with Crippen LogP contribution in [-0.4, -0.2) is 43.0 Å². The fourth-order valence-electron chi connectivity index (χ4n) is 2.26. The van der Waals surface area contributed by atoms with Crippen LogP contribution in [0.2, 0.25) is 0 Å². The van der Waals surface area contributed by atoms with E-state index in [9.17, 15) is 8.78 Å². The molecule has 2 fully saturated rings. The van der Waals surface area contributed by atoms with Crippen molar-refractivity contribution in [2.75, 3.05) is 26.2 Å². The van der Waals surface area contributed by atoms with Crippen molar-refractivity contribution < 1.29 is 8.78 Å². The Balaban J connectivity index is 2.20. The maximum atomic E-state index is 13.4. The van der Waals surface area contributed by atoms with Gasteiger partial charge in [-0.15, -0.1) is 0 Å². The smallest absolute Gasteiger partial charge is 0.269 e. The van der Waals surface area contributed by atoms with Gasteiger partial charge < -0.3 is 5.32 Å². The molecule has 2 unspecified atom stereocenters. The third-order valence-corrected chi connectivity index (χ3v) is 3.02. The van der Waals surface area contributed by atoms with Gasteiger partial charge in [-0.1, -0.05) is 6.92 Å². The van der Waals surface area contributed by atoms with Crippen molar-refractivity contribution in [2.45, 2.75) is 18.9 Å². The van der Waals surface area contributed by atoms with E-state index in [4.69, 9.17) is 0 Å². The number of rotatable bonds is 1. The van der Waals surface area contributed by atoms with Crippen LogP contribution in [0.3, 0.4) is 0 Å². The van der Waals surface area contributed by atoms with Gasteiger partial charge in [0.1, 0.15) is 0 Å². The summed E-state index contributed by atoms with van der Waals surface area (Å²) in [4.78, 5) is 1.88. The number of hydrogen-bond acceptors (Lipinski definition) is 2. The monoisotopic (exact) mass is 176 g/mol. The molecule has 0 aromatic heterocycles. The summed E-state index contributed by atoms with van der Waals surface area (Å²) in [5.41, 5.74) is 0. The maximum Gasteiger partial charge on any atom is 0.269 e. The minimum Gasteiger partial charge on any atom is -0.314 e. The van der Waals surface area contributed by atoms with Gasteiger partial charge in [-0.2, -0.15) is 0 Å². The predicted molar refractivity (Wildman–Crippen MR) is 42.3 cm³/mol. The quantitative estimate of drug-likeness (QED) is 0.627. The SMILES string of the molecule is CCN1CC2CNCC1C2(F)F. The van der Waals surface area contributed by atoms with Gasteiger partial charge in [0.2, 0.25) is 0 Å². The summed E-state index contributed by atoms with van der Waals surface area (Å²) in [7, 11) is 0. The number of likely N-dealkylation sites (tertiary alicyclic amines) is 1. The van der Waals surface area contributed by atoms with Gasteiger partial charge in [-0.05, 0) is 6.54 Å². The number of piperidine rings is 1. The summed E-state index contributed by atoms with van der Waals surface area (Å²) in [5.74, 6) is -2.92. The first-order valence-electron chi connectivity index (χ1n) is 4.48. The molecule has 0 saturated carbocycles. The van der Waals surface area contributed by atoms with E-state index in [2.05, 4.69) is 5.32 Å². The van der Waals surface area contributed by atoms with Gasteiger partial charge in [-0.25, -0.2) is 8.78 Å². The van der Waals surface area contributed by atoms with Crippen molar-refractivity contribution in [2.24, 2.45) is 5.92 Å². The fraction of sp³-hybridized carbons (Fsp3) is 1.00. The van der Waals surface area contributed by atoms with Crippen molar-refractivity contribution in [3.05, 3.63) is 0 Å². The molecule has 4 heteroatoms. The topological polar surface area (TPSA) is 15.3 Å². The Hall–Kier alpha value is -0.220. The molecule has 0 radical (unpaired) electrons. The summed E-state index contributed by atoms with van der Waals surface area (Å²) < 4.78 is 26.8. The van der Waals surface area contributed by atoms with Crippen LogP contribution >= 0.6 is 0 Å². The standard InChI is InChI=1S/C8H14F2N2/c1-2-12-5-6-3-11-4-7(12)8(6,9)10/h6-7,11H,2-5H2,1H3. The van der Waals surface area contributed by atoms with E-state index in [1.54, 1.807) is 0 Å². The first kappa shape index (κ1) is 8.38. The molecule has 2 aliphatic rings. The van der Waals surface area contributed by atoms with Gasteiger partial charge >= 0.3 is 0 Å². The highest BCUT2D eigenvalue weighted by Gasteiger charge is 2.57. The second-order valence-corrected chi connectivity index (χ2v) is 3.63. The number of nitrogens with zero attached hydrogens (tertiary/aromatic N) is 1. The predicted octanol–water partition coefficient (Wildman–Crippen LogP) is 0.545. The van der Waals surface area contributed by atoms with Crippen molar-refractivity contribution in [3.63, 3.8) is 0 Å². The highest BCUT2D eigenvalue weighted by molar-refractivity contribution is 5.04. The Bertz CT molecular complexity index is 184. The molecule has 0 amide bonds. The summed E-state index contributed by atoms with van der Waals surface area (Å²) in [6.45, 7) is 4.15. The average Bonchev–Trinajstić information content (AvgIpc) is 2.25. The second kappa shape index (κ2) is 2.64. The zero-order valence-electron chi connectivity index (χ0n) is 7.19. The Morgan fingerprint density at radius 3 is 2.83 bits per heavy atom. The summed E-state index contributed by atoms with van der Waals surface area (Å²) >= 11 is 0. The molecule has 0 aromatic rings. The Morgan fingerprint density at radius 2 is 2.25 bits per heavy atom. The van der Waals surface area contributed by atoms with Gasteiger partial charge in [0, 0.05) is 25.6 Å². The van der Waals surface area contributed by atoms with Crippen molar-refractivity contribution >= 4 is 0 Å². The third-order valence-electron chi connectivity index (χ3n) is 3.02. The molecular weight excluding hydrogens is 162 g/mol. The Morgan fingerprint density at radius 1 is 1.50 bits per heavy atom. The zero-order valence-corrected chi connectivity index (χ0v) is 7.19. The third kappa shape index (κ3) is 0.977. The number of nitrogens with one attached hydrogen (secondary N) is 1. The molecule has 2 rings (SSSR count). The lowest BCUT2D eigenvalue weighted by atomic mass is 9.97. The molecule has 2 nitrogen and oxygen atoms in total. The first-order chi connectivity index (χ1) is 5.66. The van der Waals surface area contributed by atoms with Gasteiger partial charge in [0.05, 0.1) is 6.04 Å². The minimum atomic E-state index is -2.46. The zero-order chi connectivity index (χ0) is 8.77. The molecule has 2 atom stereocenters. The Labute approximate surface area is 70.9 Å². The number of likely N-dealkylation sites (N-methyl/N-ethyl adjacent to an activating group) is 1. The molecule has 0 aliphatic carbocycles. The van der Waals surface area contributed by atoms with Crippen LogP contribution in [0.4, 0.5) is 8.78 Å². The van der Waals surface area contributed by atoms with Crippen LogP contribution in [0.15, 0.2) is 0 Å². The molecule has 2 heterocycles. The molecular formula is C8H14F2N2.